The van der Waals surface area contributed by atoms with E-state index in [0.717, 1.165) is 0 Å². The fourth-order valence-electron chi connectivity index (χ4n) is 3.49. The highest BCUT2D eigenvalue weighted by molar-refractivity contribution is 5.26. The Balaban J connectivity index is 1.93. The first-order valence-electron chi connectivity index (χ1n) is 7.72. The minimum atomic E-state index is -0.304. The van der Waals surface area contributed by atoms with Crippen molar-refractivity contribution < 1.29 is 5.11 Å². The van der Waals surface area contributed by atoms with Crippen LogP contribution in [0.4, 0.5) is 0 Å². The number of rotatable bonds is 2. The second-order valence-corrected chi connectivity index (χ2v) is 6.15. The molecule has 2 N–H and O–H groups in total. The molecule has 0 saturated carbocycles. The molecule has 2 nitrogen and oxygen atoms in total. The Labute approximate surface area is 126 Å². The van der Waals surface area contributed by atoms with Gasteiger partial charge in [-0.05, 0) is 11.1 Å². The minimum Gasteiger partial charge on any atom is -0.392 e. The zero-order valence-electron chi connectivity index (χ0n) is 12.6. The van der Waals surface area contributed by atoms with E-state index in [1.807, 2.05) is 12.1 Å². The molecule has 2 heteroatoms. The maximum absolute atomic E-state index is 10.7. The Bertz CT molecular complexity index is 517. The van der Waals surface area contributed by atoms with Crippen LogP contribution < -0.4 is 5.32 Å². The number of piperidine rings is 1. The van der Waals surface area contributed by atoms with Crippen molar-refractivity contribution in [1.29, 1.82) is 0 Å². The molecule has 5 atom stereocenters. The molecule has 1 unspecified atom stereocenters. The van der Waals surface area contributed by atoms with Crippen molar-refractivity contribution in [2.45, 2.75) is 32.0 Å². The summed E-state index contributed by atoms with van der Waals surface area (Å²) < 4.78 is 0. The first-order valence-corrected chi connectivity index (χ1v) is 7.72. The Morgan fingerprint density at radius 1 is 0.714 bits per heavy atom. The zero-order valence-corrected chi connectivity index (χ0v) is 12.6. The number of benzene rings is 2. The second-order valence-electron chi connectivity index (χ2n) is 6.15. The van der Waals surface area contributed by atoms with E-state index in [-0.39, 0.29) is 30.0 Å². The predicted octanol–water partition coefficient (Wildman–Crippen LogP) is 3.71. The maximum atomic E-state index is 10.7. The third kappa shape index (κ3) is 2.74. The molecule has 0 bridgehead atoms. The minimum absolute atomic E-state index is 0.183. The van der Waals surface area contributed by atoms with E-state index in [1.165, 1.54) is 11.1 Å². The lowest BCUT2D eigenvalue weighted by atomic mass is 9.75. The normalized spacial score (nSPS) is 32.8. The van der Waals surface area contributed by atoms with Crippen LogP contribution in [0.2, 0.25) is 0 Å². The maximum Gasteiger partial charge on any atom is 0.0627 e. The third-order valence-electron chi connectivity index (χ3n) is 4.81. The average Bonchev–Trinajstić information content (AvgIpc) is 2.55. The molecule has 1 saturated heterocycles. The van der Waals surface area contributed by atoms with E-state index in [4.69, 9.17) is 0 Å². The van der Waals surface area contributed by atoms with E-state index in [0.29, 0.717) is 0 Å². The van der Waals surface area contributed by atoms with Crippen LogP contribution in [0.1, 0.15) is 37.1 Å². The van der Waals surface area contributed by atoms with Gasteiger partial charge in [0.05, 0.1) is 6.10 Å². The van der Waals surface area contributed by atoms with Gasteiger partial charge in [-0.25, -0.2) is 0 Å². The Morgan fingerprint density at radius 2 is 1.10 bits per heavy atom. The third-order valence-corrected chi connectivity index (χ3v) is 4.81. The summed E-state index contributed by atoms with van der Waals surface area (Å²) in [7, 11) is 0. The van der Waals surface area contributed by atoms with Gasteiger partial charge in [-0.15, -0.1) is 0 Å². The van der Waals surface area contributed by atoms with Crippen LogP contribution >= 0.6 is 0 Å². The predicted molar refractivity (Wildman–Crippen MR) is 85.8 cm³/mol. The molecule has 1 aliphatic heterocycles. The van der Waals surface area contributed by atoms with Gasteiger partial charge >= 0.3 is 0 Å². The highest BCUT2D eigenvalue weighted by Gasteiger charge is 2.40. The Morgan fingerprint density at radius 3 is 1.48 bits per heavy atom. The molecule has 0 aliphatic carbocycles. The summed E-state index contributed by atoms with van der Waals surface area (Å²) in [6, 6.07) is 21.2. The first kappa shape index (κ1) is 14.3. The SMILES string of the molecule is C[C@@H]1C(O)[C@H](C)[C@@H](c2ccccc2)N[C@H]1c1ccccc1. The zero-order chi connectivity index (χ0) is 14.8. The van der Waals surface area contributed by atoms with Crippen LogP contribution in [0.15, 0.2) is 60.7 Å². The van der Waals surface area contributed by atoms with E-state index >= 15 is 0 Å². The first-order chi connectivity index (χ1) is 10.2. The highest BCUT2D eigenvalue weighted by Crippen LogP contribution is 2.40. The largest absolute Gasteiger partial charge is 0.392 e. The molecule has 0 spiro atoms. The van der Waals surface area contributed by atoms with Gasteiger partial charge in [0.2, 0.25) is 0 Å². The van der Waals surface area contributed by atoms with E-state index < -0.39 is 0 Å². The fourth-order valence-corrected chi connectivity index (χ4v) is 3.49. The topological polar surface area (TPSA) is 32.3 Å². The number of nitrogens with one attached hydrogen (secondary N) is 1. The van der Waals surface area contributed by atoms with E-state index in [1.54, 1.807) is 0 Å². The molecule has 0 aromatic heterocycles. The smallest absolute Gasteiger partial charge is 0.0627 e. The summed E-state index contributed by atoms with van der Waals surface area (Å²) in [4.78, 5) is 0. The van der Waals surface area contributed by atoms with Gasteiger partial charge in [0, 0.05) is 23.9 Å². The number of aliphatic hydroxyl groups is 1. The van der Waals surface area contributed by atoms with Crippen LogP contribution in [0.3, 0.4) is 0 Å². The van der Waals surface area contributed by atoms with Crippen molar-refractivity contribution in [2.24, 2.45) is 11.8 Å². The van der Waals surface area contributed by atoms with Gasteiger partial charge in [0.25, 0.3) is 0 Å². The average molecular weight is 281 g/mol. The molecular weight excluding hydrogens is 258 g/mol. The molecule has 1 aliphatic rings. The highest BCUT2D eigenvalue weighted by atomic mass is 16.3. The van der Waals surface area contributed by atoms with Gasteiger partial charge in [0.15, 0.2) is 0 Å². The van der Waals surface area contributed by atoms with Crippen molar-refractivity contribution in [3.8, 4) is 0 Å². The Kier molecular flexibility index (Phi) is 4.09. The lowest BCUT2D eigenvalue weighted by Crippen LogP contribution is -2.48. The molecule has 110 valence electrons. The number of aliphatic hydroxyl groups excluding tert-OH is 1. The summed E-state index contributed by atoms with van der Waals surface area (Å²) >= 11 is 0. The van der Waals surface area contributed by atoms with Crippen molar-refractivity contribution in [1.82, 2.24) is 5.32 Å². The van der Waals surface area contributed by atoms with E-state index in [2.05, 4.69) is 67.7 Å². The summed E-state index contributed by atoms with van der Waals surface area (Å²) in [6.07, 6.45) is -0.304. The standard InChI is InChI=1S/C19H23NO/c1-13-17(15-9-5-3-6-10-15)20-18(14(2)19(13)21)16-11-7-4-8-12-16/h3-14,17-21H,1-2H3/t13-,14+,17+,18-,19?. The van der Waals surface area contributed by atoms with Crippen molar-refractivity contribution in [3.63, 3.8) is 0 Å². The molecule has 1 fully saturated rings. The molecule has 2 aromatic carbocycles. The lowest BCUT2D eigenvalue weighted by molar-refractivity contribution is -0.00676. The second kappa shape index (κ2) is 6.00. The van der Waals surface area contributed by atoms with Gasteiger partial charge in [0.1, 0.15) is 0 Å². The number of hydrogen-bond acceptors (Lipinski definition) is 2. The van der Waals surface area contributed by atoms with E-state index in [9.17, 15) is 5.11 Å². The van der Waals surface area contributed by atoms with Crippen LogP contribution in [0.5, 0.6) is 0 Å². The molecule has 1 heterocycles. The Hall–Kier alpha value is -1.64. The van der Waals surface area contributed by atoms with Gasteiger partial charge in [-0.1, -0.05) is 74.5 Å². The summed E-state index contributed by atoms with van der Waals surface area (Å²) in [5.74, 6) is 0.393. The van der Waals surface area contributed by atoms with Gasteiger partial charge in [-0.3, -0.25) is 0 Å². The van der Waals surface area contributed by atoms with Crippen LogP contribution in [0, 0.1) is 11.8 Å². The molecule has 0 radical (unpaired) electrons. The molecule has 2 aromatic rings. The van der Waals surface area contributed by atoms with Crippen LogP contribution in [0.25, 0.3) is 0 Å². The van der Waals surface area contributed by atoms with Crippen LogP contribution in [-0.2, 0) is 0 Å². The monoisotopic (exact) mass is 281 g/mol. The fraction of sp³-hybridized carbons (Fsp3) is 0.368. The summed E-state index contributed by atoms with van der Waals surface area (Å²) in [5.41, 5.74) is 2.49. The molecule has 21 heavy (non-hydrogen) atoms. The summed E-state index contributed by atoms with van der Waals surface area (Å²) in [6.45, 7) is 4.26. The molecular formula is C19H23NO. The van der Waals surface area contributed by atoms with Gasteiger partial charge < -0.3 is 10.4 Å². The van der Waals surface area contributed by atoms with Crippen molar-refractivity contribution >= 4 is 0 Å². The molecule has 0 amide bonds. The van der Waals surface area contributed by atoms with Crippen LogP contribution in [-0.4, -0.2) is 11.2 Å². The van der Waals surface area contributed by atoms with Crippen molar-refractivity contribution in [3.05, 3.63) is 71.8 Å². The molecule has 3 rings (SSSR count). The van der Waals surface area contributed by atoms with Gasteiger partial charge in [-0.2, -0.15) is 0 Å². The summed E-state index contributed by atoms with van der Waals surface area (Å²) in [5, 5.41) is 14.4. The quantitative estimate of drug-likeness (QED) is 0.879. The lowest BCUT2D eigenvalue weighted by Gasteiger charge is -2.44. The van der Waals surface area contributed by atoms with Crippen molar-refractivity contribution in [2.75, 3.05) is 0 Å². The number of hydrogen-bond donors (Lipinski definition) is 2.